The summed E-state index contributed by atoms with van der Waals surface area (Å²) in [7, 11) is 0. The number of allylic oxidation sites excluding steroid dienone is 1. The van der Waals surface area contributed by atoms with Gasteiger partial charge in [0.25, 0.3) is 0 Å². The topological polar surface area (TPSA) is 94.5 Å². The van der Waals surface area contributed by atoms with Crippen LogP contribution >= 0.6 is 0 Å². The molecule has 3 aromatic rings. The molecular weight excluding hydrogens is 480 g/mol. The number of aromatic nitrogens is 2. The van der Waals surface area contributed by atoms with Gasteiger partial charge in [0.2, 0.25) is 0 Å². The standard InChI is InChI=1S/C30H36N4O4/c1-18(2)14-15-37-25-13-12-22(16-20(25)5)27-24(17-34(33-27)23-10-8-7-9-11-23)28-26(29(35)38-19(3)4)21(6)31-30(36)32-28/h7-13,16-19,28H,14-15H2,1-6H3,(H2,31,32,36)/t28-/m1/s1. The van der Waals surface area contributed by atoms with Crippen molar-refractivity contribution >= 4 is 12.0 Å². The summed E-state index contributed by atoms with van der Waals surface area (Å²) in [6.45, 7) is 12.3. The van der Waals surface area contributed by atoms with Crippen LogP contribution in [-0.4, -0.2) is 34.5 Å². The van der Waals surface area contributed by atoms with Gasteiger partial charge in [0, 0.05) is 23.0 Å². The Bertz CT molecular complexity index is 1340. The van der Waals surface area contributed by atoms with E-state index in [4.69, 9.17) is 14.6 Å². The van der Waals surface area contributed by atoms with Crippen LogP contribution in [0.4, 0.5) is 4.79 Å². The van der Waals surface area contributed by atoms with Crippen molar-refractivity contribution in [3.63, 3.8) is 0 Å². The van der Waals surface area contributed by atoms with Gasteiger partial charge < -0.3 is 20.1 Å². The Labute approximate surface area is 224 Å². The van der Waals surface area contributed by atoms with E-state index >= 15 is 0 Å². The highest BCUT2D eigenvalue weighted by Gasteiger charge is 2.35. The van der Waals surface area contributed by atoms with Crippen molar-refractivity contribution in [3.05, 3.63) is 77.1 Å². The van der Waals surface area contributed by atoms with Gasteiger partial charge in [0.1, 0.15) is 5.75 Å². The Morgan fingerprint density at radius 3 is 2.47 bits per heavy atom. The molecule has 0 radical (unpaired) electrons. The van der Waals surface area contributed by atoms with Gasteiger partial charge in [-0.25, -0.2) is 14.3 Å². The normalized spacial score (nSPS) is 15.5. The summed E-state index contributed by atoms with van der Waals surface area (Å²) >= 11 is 0. The molecular formula is C30H36N4O4. The minimum atomic E-state index is -0.746. The lowest BCUT2D eigenvalue weighted by Crippen LogP contribution is -2.45. The molecule has 2 N–H and O–H groups in total. The Morgan fingerprint density at radius 1 is 1.08 bits per heavy atom. The third-order valence-electron chi connectivity index (χ3n) is 6.31. The van der Waals surface area contributed by atoms with E-state index in [9.17, 15) is 9.59 Å². The first-order chi connectivity index (χ1) is 18.1. The third-order valence-corrected chi connectivity index (χ3v) is 6.31. The molecule has 0 saturated carbocycles. The lowest BCUT2D eigenvalue weighted by molar-refractivity contribution is -0.143. The number of benzene rings is 2. The van der Waals surface area contributed by atoms with Gasteiger partial charge in [0.05, 0.1) is 35.7 Å². The summed E-state index contributed by atoms with van der Waals surface area (Å²) in [4.78, 5) is 25.7. The molecule has 2 heterocycles. The second kappa shape index (κ2) is 11.5. The molecule has 1 aromatic heterocycles. The number of esters is 1. The molecule has 2 aromatic carbocycles. The largest absolute Gasteiger partial charge is 0.493 e. The quantitative estimate of drug-likeness (QED) is 0.348. The molecule has 0 spiro atoms. The van der Waals surface area contributed by atoms with E-state index in [1.165, 1.54) is 0 Å². The van der Waals surface area contributed by atoms with E-state index in [-0.39, 0.29) is 6.10 Å². The van der Waals surface area contributed by atoms with Gasteiger partial charge in [-0.05, 0) is 75.9 Å². The number of ether oxygens (including phenoxy) is 2. The average Bonchev–Trinajstić information content (AvgIpc) is 3.30. The van der Waals surface area contributed by atoms with Crippen molar-refractivity contribution in [1.29, 1.82) is 0 Å². The first-order valence-corrected chi connectivity index (χ1v) is 13.0. The predicted octanol–water partition coefficient (Wildman–Crippen LogP) is 5.85. The number of rotatable bonds is 9. The Hall–Kier alpha value is -4.07. The molecule has 38 heavy (non-hydrogen) atoms. The minimum absolute atomic E-state index is 0.307. The number of hydrogen-bond acceptors (Lipinski definition) is 5. The number of carbonyl (C=O) groups is 2. The summed E-state index contributed by atoms with van der Waals surface area (Å²) in [5, 5.41) is 10.5. The highest BCUT2D eigenvalue weighted by atomic mass is 16.5. The summed E-state index contributed by atoms with van der Waals surface area (Å²) in [5.74, 6) is 0.899. The molecule has 4 rings (SSSR count). The van der Waals surface area contributed by atoms with Crippen LogP contribution in [0.15, 0.2) is 66.0 Å². The lowest BCUT2D eigenvalue weighted by Gasteiger charge is -2.28. The van der Waals surface area contributed by atoms with E-state index in [1.807, 2.05) is 61.7 Å². The van der Waals surface area contributed by atoms with Crippen molar-refractivity contribution in [2.75, 3.05) is 6.61 Å². The van der Waals surface area contributed by atoms with Crippen molar-refractivity contribution in [3.8, 4) is 22.7 Å². The minimum Gasteiger partial charge on any atom is -0.493 e. The Morgan fingerprint density at radius 2 is 1.82 bits per heavy atom. The Balaban J connectivity index is 1.81. The molecule has 200 valence electrons. The van der Waals surface area contributed by atoms with Crippen LogP contribution in [-0.2, 0) is 9.53 Å². The first kappa shape index (κ1) is 27.0. The lowest BCUT2D eigenvalue weighted by atomic mass is 9.93. The van der Waals surface area contributed by atoms with Crippen LogP contribution in [0.5, 0.6) is 5.75 Å². The van der Waals surface area contributed by atoms with Crippen molar-refractivity contribution in [2.24, 2.45) is 5.92 Å². The van der Waals surface area contributed by atoms with Gasteiger partial charge in [-0.15, -0.1) is 0 Å². The second-order valence-corrected chi connectivity index (χ2v) is 10.2. The number of aryl methyl sites for hydroxylation is 1. The van der Waals surface area contributed by atoms with Crippen molar-refractivity contribution < 1.29 is 19.1 Å². The van der Waals surface area contributed by atoms with Crippen molar-refractivity contribution in [1.82, 2.24) is 20.4 Å². The smallest absolute Gasteiger partial charge is 0.338 e. The molecule has 0 bridgehead atoms. The number of nitrogens with one attached hydrogen (secondary N) is 2. The molecule has 8 nitrogen and oxygen atoms in total. The molecule has 0 aliphatic carbocycles. The number of amides is 2. The van der Waals surface area contributed by atoms with E-state index in [2.05, 4.69) is 24.5 Å². The number of para-hydroxylation sites is 1. The number of carbonyl (C=O) groups excluding carboxylic acids is 2. The number of hydrogen-bond donors (Lipinski definition) is 2. The second-order valence-electron chi connectivity index (χ2n) is 10.2. The van der Waals surface area contributed by atoms with E-state index in [0.29, 0.717) is 35.1 Å². The number of nitrogens with zero attached hydrogens (tertiary/aromatic N) is 2. The molecule has 8 heteroatoms. The molecule has 1 aliphatic heterocycles. The maximum Gasteiger partial charge on any atom is 0.338 e. The zero-order chi connectivity index (χ0) is 27.4. The van der Waals surface area contributed by atoms with Gasteiger partial charge in [-0.2, -0.15) is 5.10 Å². The van der Waals surface area contributed by atoms with Gasteiger partial charge in [0.15, 0.2) is 0 Å². The fraction of sp³-hybridized carbons (Fsp3) is 0.367. The summed E-state index contributed by atoms with van der Waals surface area (Å²) in [6.07, 6.45) is 2.53. The highest BCUT2D eigenvalue weighted by Crippen LogP contribution is 2.36. The predicted molar refractivity (Wildman–Crippen MR) is 147 cm³/mol. The molecule has 1 atom stereocenters. The molecule has 1 aliphatic rings. The molecule has 2 amide bonds. The average molecular weight is 517 g/mol. The zero-order valence-electron chi connectivity index (χ0n) is 22.9. The maximum absolute atomic E-state index is 13.2. The van der Waals surface area contributed by atoms with E-state index in [0.717, 1.165) is 29.0 Å². The summed E-state index contributed by atoms with van der Waals surface area (Å²) in [6, 6.07) is 14.5. The SMILES string of the molecule is CC1=C(C(=O)OC(C)C)[C@@H](c2cn(-c3ccccc3)nc2-c2ccc(OCCC(C)C)c(C)c2)NC(=O)N1. The highest BCUT2D eigenvalue weighted by molar-refractivity contribution is 5.95. The Kier molecular flexibility index (Phi) is 8.20. The molecule has 0 unspecified atom stereocenters. The third kappa shape index (κ3) is 6.07. The van der Waals surface area contributed by atoms with E-state index in [1.54, 1.807) is 25.5 Å². The fourth-order valence-corrected chi connectivity index (χ4v) is 4.37. The van der Waals surface area contributed by atoms with Crippen LogP contribution in [0.1, 0.15) is 58.2 Å². The molecule has 0 fully saturated rings. The van der Waals surface area contributed by atoms with E-state index < -0.39 is 18.0 Å². The number of urea groups is 1. The monoisotopic (exact) mass is 516 g/mol. The van der Waals surface area contributed by atoms with Crippen LogP contribution in [0.25, 0.3) is 16.9 Å². The maximum atomic E-state index is 13.2. The van der Waals surface area contributed by atoms with Gasteiger partial charge in [-0.1, -0.05) is 32.0 Å². The van der Waals surface area contributed by atoms with Crippen LogP contribution in [0.3, 0.4) is 0 Å². The fourth-order valence-electron chi connectivity index (χ4n) is 4.37. The summed E-state index contributed by atoms with van der Waals surface area (Å²) < 4.78 is 13.3. The van der Waals surface area contributed by atoms with Crippen molar-refractivity contribution in [2.45, 2.75) is 60.1 Å². The van der Waals surface area contributed by atoms with Crippen LogP contribution in [0.2, 0.25) is 0 Å². The van der Waals surface area contributed by atoms with Crippen LogP contribution in [0, 0.1) is 12.8 Å². The zero-order valence-corrected chi connectivity index (χ0v) is 22.9. The van der Waals surface area contributed by atoms with Crippen LogP contribution < -0.4 is 15.4 Å². The van der Waals surface area contributed by atoms with Gasteiger partial charge >= 0.3 is 12.0 Å². The molecule has 0 saturated heterocycles. The first-order valence-electron chi connectivity index (χ1n) is 13.0. The summed E-state index contributed by atoms with van der Waals surface area (Å²) in [5.41, 5.74) is 4.83. The van der Waals surface area contributed by atoms with Gasteiger partial charge in [-0.3, -0.25) is 0 Å².